The summed E-state index contributed by atoms with van der Waals surface area (Å²) in [6.07, 6.45) is 8.21. The van der Waals surface area contributed by atoms with Gasteiger partial charge in [-0.2, -0.15) is 5.26 Å². The third kappa shape index (κ3) is 2.69. The fourth-order valence-electron chi connectivity index (χ4n) is 4.45. The zero-order valence-electron chi connectivity index (χ0n) is 15.1. The average Bonchev–Trinajstić information content (AvgIpc) is 3.13. The summed E-state index contributed by atoms with van der Waals surface area (Å²) in [6, 6.07) is 18.4. The standard InChI is InChI=1S/C24H20N2O/c25-15-16-9-10-20-22(14-16)27-24-19(21-8-4-5-13-26-21)12-11-18(23(20)24)17-6-2-1-3-7-17/h4-5,8-14,17H,1-3,6-7H2. The van der Waals surface area contributed by atoms with Gasteiger partial charge in [0.25, 0.3) is 0 Å². The lowest BCUT2D eigenvalue weighted by molar-refractivity contribution is 0.445. The number of aromatic nitrogens is 1. The zero-order valence-corrected chi connectivity index (χ0v) is 15.1. The van der Waals surface area contributed by atoms with Gasteiger partial charge in [0.1, 0.15) is 11.2 Å². The first-order chi connectivity index (χ1) is 13.3. The Labute approximate surface area is 158 Å². The fourth-order valence-corrected chi connectivity index (χ4v) is 4.45. The van der Waals surface area contributed by atoms with Crippen LogP contribution in [0.5, 0.6) is 0 Å². The van der Waals surface area contributed by atoms with Crippen molar-refractivity contribution in [3.05, 3.63) is 65.9 Å². The summed E-state index contributed by atoms with van der Waals surface area (Å²) in [5.74, 6) is 0.579. The van der Waals surface area contributed by atoms with Crippen molar-refractivity contribution in [3.8, 4) is 17.3 Å². The van der Waals surface area contributed by atoms with Gasteiger partial charge >= 0.3 is 0 Å². The molecular weight excluding hydrogens is 332 g/mol. The van der Waals surface area contributed by atoms with Crippen LogP contribution >= 0.6 is 0 Å². The van der Waals surface area contributed by atoms with Crippen molar-refractivity contribution in [3.63, 3.8) is 0 Å². The highest BCUT2D eigenvalue weighted by molar-refractivity contribution is 6.11. The van der Waals surface area contributed by atoms with E-state index in [2.05, 4.69) is 23.2 Å². The number of fused-ring (bicyclic) bond motifs is 3. The number of hydrogen-bond acceptors (Lipinski definition) is 3. The predicted octanol–water partition coefficient (Wildman–Crippen LogP) is 6.57. The monoisotopic (exact) mass is 352 g/mol. The van der Waals surface area contributed by atoms with E-state index in [0.717, 1.165) is 27.8 Å². The highest BCUT2D eigenvalue weighted by atomic mass is 16.3. The summed E-state index contributed by atoms with van der Waals surface area (Å²) >= 11 is 0. The highest BCUT2D eigenvalue weighted by Gasteiger charge is 2.23. The van der Waals surface area contributed by atoms with Crippen molar-refractivity contribution in [1.29, 1.82) is 5.26 Å². The van der Waals surface area contributed by atoms with Crippen LogP contribution in [0, 0.1) is 11.3 Å². The first-order valence-electron chi connectivity index (χ1n) is 9.66. The number of pyridine rings is 1. The summed E-state index contributed by atoms with van der Waals surface area (Å²) in [5.41, 5.74) is 5.61. The Balaban J connectivity index is 1.82. The molecule has 0 bridgehead atoms. The van der Waals surface area contributed by atoms with Crippen molar-refractivity contribution in [2.45, 2.75) is 38.0 Å². The molecule has 0 unspecified atom stereocenters. The molecule has 1 aliphatic rings. The number of benzene rings is 2. The largest absolute Gasteiger partial charge is 0.455 e. The zero-order chi connectivity index (χ0) is 18.2. The van der Waals surface area contributed by atoms with Crippen LogP contribution < -0.4 is 0 Å². The fraction of sp³-hybridized carbons (Fsp3) is 0.250. The molecule has 132 valence electrons. The lowest BCUT2D eigenvalue weighted by atomic mass is 9.81. The van der Waals surface area contributed by atoms with Gasteiger partial charge in [0.05, 0.1) is 17.3 Å². The van der Waals surface area contributed by atoms with Crippen molar-refractivity contribution < 1.29 is 4.42 Å². The van der Waals surface area contributed by atoms with E-state index in [1.165, 1.54) is 43.1 Å². The minimum atomic E-state index is 0.579. The number of furan rings is 1. The molecule has 3 heteroatoms. The normalized spacial score (nSPS) is 15.2. The second kappa shape index (κ2) is 6.55. The Hall–Kier alpha value is -3.12. The van der Waals surface area contributed by atoms with Crippen LogP contribution in [0.3, 0.4) is 0 Å². The van der Waals surface area contributed by atoms with E-state index < -0.39 is 0 Å². The second-order valence-corrected chi connectivity index (χ2v) is 7.38. The number of nitriles is 1. The molecule has 27 heavy (non-hydrogen) atoms. The Morgan fingerprint density at radius 1 is 1.00 bits per heavy atom. The first-order valence-corrected chi connectivity index (χ1v) is 9.66. The molecule has 0 atom stereocenters. The van der Waals surface area contributed by atoms with Gasteiger partial charge in [-0.05, 0) is 60.7 Å². The Morgan fingerprint density at radius 3 is 2.67 bits per heavy atom. The summed E-state index contributed by atoms with van der Waals surface area (Å²) in [6.45, 7) is 0. The van der Waals surface area contributed by atoms with Gasteiger partial charge in [0, 0.05) is 22.5 Å². The van der Waals surface area contributed by atoms with Crippen molar-refractivity contribution in [1.82, 2.24) is 4.98 Å². The molecule has 2 aromatic heterocycles. The minimum absolute atomic E-state index is 0.579. The summed E-state index contributed by atoms with van der Waals surface area (Å²) in [4.78, 5) is 4.53. The second-order valence-electron chi connectivity index (χ2n) is 7.38. The number of nitrogens with zero attached hydrogens (tertiary/aromatic N) is 2. The van der Waals surface area contributed by atoms with Gasteiger partial charge in [-0.3, -0.25) is 4.98 Å². The smallest absolute Gasteiger partial charge is 0.145 e. The molecule has 1 aliphatic carbocycles. The van der Waals surface area contributed by atoms with Gasteiger partial charge in [-0.15, -0.1) is 0 Å². The van der Waals surface area contributed by atoms with Crippen molar-refractivity contribution in [2.75, 3.05) is 0 Å². The molecule has 0 spiro atoms. The lowest BCUT2D eigenvalue weighted by Gasteiger charge is -2.23. The SMILES string of the molecule is N#Cc1ccc2c(c1)oc1c(-c3ccccn3)ccc(C3CCCCC3)c12. The predicted molar refractivity (Wildman–Crippen MR) is 107 cm³/mol. The molecule has 0 amide bonds. The molecule has 0 aliphatic heterocycles. The quantitative estimate of drug-likeness (QED) is 0.410. The maximum absolute atomic E-state index is 9.26. The Morgan fingerprint density at radius 2 is 1.89 bits per heavy atom. The molecule has 2 aromatic carbocycles. The molecule has 0 N–H and O–H groups in total. The first kappa shape index (κ1) is 16.1. The van der Waals surface area contributed by atoms with Crippen LogP contribution in [-0.4, -0.2) is 4.98 Å². The molecule has 0 radical (unpaired) electrons. The average molecular weight is 352 g/mol. The Bertz CT molecular complexity index is 1160. The number of rotatable bonds is 2. The van der Waals surface area contributed by atoms with E-state index in [-0.39, 0.29) is 0 Å². The van der Waals surface area contributed by atoms with Crippen LogP contribution in [0.15, 0.2) is 59.1 Å². The molecule has 0 saturated heterocycles. The van der Waals surface area contributed by atoms with Crippen LogP contribution in [0.1, 0.15) is 49.1 Å². The maximum atomic E-state index is 9.26. The van der Waals surface area contributed by atoms with E-state index >= 15 is 0 Å². The van der Waals surface area contributed by atoms with Gasteiger partial charge in [-0.1, -0.05) is 31.4 Å². The number of hydrogen-bond donors (Lipinski definition) is 0. The summed E-state index contributed by atoms with van der Waals surface area (Å²) < 4.78 is 6.32. The molecular formula is C24H20N2O. The van der Waals surface area contributed by atoms with Crippen LogP contribution in [0.25, 0.3) is 33.2 Å². The lowest BCUT2D eigenvalue weighted by Crippen LogP contribution is -2.05. The van der Waals surface area contributed by atoms with E-state index in [1.54, 1.807) is 0 Å². The van der Waals surface area contributed by atoms with Crippen molar-refractivity contribution in [2.24, 2.45) is 0 Å². The molecule has 3 nitrogen and oxygen atoms in total. The minimum Gasteiger partial charge on any atom is -0.455 e. The third-order valence-electron chi connectivity index (χ3n) is 5.77. The van der Waals surface area contributed by atoms with E-state index in [4.69, 9.17) is 4.42 Å². The van der Waals surface area contributed by atoms with Crippen LogP contribution in [0.4, 0.5) is 0 Å². The molecule has 1 saturated carbocycles. The topological polar surface area (TPSA) is 49.8 Å². The van der Waals surface area contributed by atoms with Gasteiger partial charge in [0.15, 0.2) is 0 Å². The summed E-state index contributed by atoms with van der Waals surface area (Å²) in [5, 5.41) is 11.6. The van der Waals surface area contributed by atoms with E-state index in [0.29, 0.717) is 11.5 Å². The highest BCUT2D eigenvalue weighted by Crippen LogP contribution is 2.43. The summed E-state index contributed by atoms with van der Waals surface area (Å²) in [7, 11) is 0. The van der Waals surface area contributed by atoms with Crippen LogP contribution in [0.2, 0.25) is 0 Å². The van der Waals surface area contributed by atoms with E-state index in [1.807, 2.05) is 42.6 Å². The van der Waals surface area contributed by atoms with Crippen LogP contribution in [-0.2, 0) is 0 Å². The van der Waals surface area contributed by atoms with E-state index in [9.17, 15) is 5.26 Å². The van der Waals surface area contributed by atoms with Gasteiger partial charge < -0.3 is 4.42 Å². The molecule has 2 heterocycles. The molecule has 5 rings (SSSR count). The van der Waals surface area contributed by atoms with Gasteiger partial charge in [0.2, 0.25) is 0 Å². The van der Waals surface area contributed by atoms with Gasteiger partial charge in [-0.25, -0.2) is 0 Å². The molecule has 4 aromatic rings. The maximum Gasteiger partial charge on any atom is 0.145 e. The molecule has 1 fully saturated rings. The third-order valence-corrected chi connectivity index (χ3v) is 5.77. The Kier molecular flexibility index (Phi) is 3.90. The van der Waals surface area contributed by atoms with Crippen molar-refractivity contribution >= 4 is 21.9 Å².